The minimum atomic E-state index is -0.423. The van der Waals surface area contributed by atoms with Gasteiger partial charge < -0.3 is 15.0 Å². The highest BCUT2D eigenvalue weighted by Crippen LogP contribution is 2.26. The number of hydrogen-bond donors (Lipinski definition) is 2. The summed E-state index contributed by atoms with van der Waals surface area (Å²) in [5.74, 6) is 1.16. The smallest absolute Gasteiger partial charge is 0.324 e. The minimum Gasteiger partial charge on any atom is -0.491 e. The van der Waals surface area contributed by atoms with Gasteiger partial charge in [0.2, 0.25) is 5.91 Å². The molecule has 3 rings (SSSR count). The zero-order valence-corrected chi connectivity index (χ0v) is 15.3. The molecule has 1 aliphatic rings. The summed E-state index contributed by atoms with van der Waals surface area (Å²) < 4.78 is 5.83. The molecule has 27 heavy (non-hydrogen) atoms. The number of benzene rings is 1. The van der Waals surface area contributed by atoms with Gasteiger partial charge in [0.25, 0.3) is 0 Å². The highest BCUT2D eigenvalue weighted by molar-refractivity contribution is 6.00. The van der Waals surface area contributed by atoms with Crippen molar-refractivity contribution >= 4 is 23.4 Å². The maximum absolute atomic E-state index is 12.2. The van der Waals surface area contributed by atoms with Gasteiger partial charge in [-0.1, -0.05) is 6.07 Å². The largest absolute Gasteiger partial charge is 0.491 e. The van der Waals surface area contributed by atoms with Crippen LogP contribution in [0.2, 0.25) is 0 Å². The van der Waals surface area contributed by atoms with Crippen molar-refractivity contribution in [1.29, 1.82) is 0 Å². The van der Waals surface area contributed by atoms with Crippen molar-refractivity contribution in [1.82, 2.24) is 14.9 Å². The number of amides is 3. The summed E-state index contributed by atoms with van der Waals surface area (Å²) in [7, 11) is 0. The number of nitrogens with one attached hydrogen (secondary N) is 2. The van der Waals surface area contributed by atoms with Crippen molar-refractivity contribution in [3.05, 3.63) is 42.4 Å². The van der Waals surface area contributed by atoms with Crippen LogP contribution in [0.1, 0.15) is 24.8 Å². The van der Waals surface area contributed by atoms with E-state index in [-0.39, 0.29) is 5.91 Å². The second-order valence-electron chi connectivity index (χ2n) is 6.36. The van der Waals surface area contributed by atoms with Crippen molar-refractivity contribution in [3.8, 4) is 5.75 Å². The summed E-state index contributed by atoms with van der Waals surface area (Å²) in [6.07, 6.45) is 6.82. The van der Waals surface area contributed by atoms with E-state index >= 15 is 0 Å². The maximum atomic E-state index is 12.2. The Kier molecular flexibility index (Phi) is 6.19. The molecule has 142 valence electrons. The lowest BCUT2D eigenvalue weighted by atomic mass is 10.2. The van der Waals surface area contributed by atoms with Crippen molar-refractivity contribution in [2.24, 2.45) is 0 Å². The van der Waals surface area contributed by atoms with Gasteiger partial charge in [0.15, 0.2) is 5.82 Å². The summed E-state index contributed by atoms with van der Waals surface area (Å²) in [6.45, 7) is 3.93. The molecule has 0 atom stereocenters. The van der Waals surface area contributed by atoms with Gasteiger partial charge in [-0.25, -0.2) is 9.78 Å². The summed E-state index contributed by atoms with van der Waals surface area (Å²) in [5, 5.41) is 5.40. The number of anilines is 2. The molecule has 3 amide bonds. The average molecular weight is 369 g/mol. The standard InChI is InChI=1S/C19H23N5O3/c1-14-5-6-16(27-11-3-10-24-9-2-4-18(24)25)15(12-14)22-19(26)23-17-13-20-7-8-21-17/h5-8,12-13H,2-4,9-11H2,1H3,(H2,21,22,23,26). The van der Waals surface area contributed by atoms with E-state index in [1.165, 1.54) is 18.6 Å². The fourth-order valence-electron chi connectivity index (χ4n) is 2.88. The minimum absolute atomic E-state index is 0.216. The molecule has 0 unspecified atom stereocenters. The van der Waals surface area contributed by atoms with Crippen LogP contribution in [0.3, 0.4) is 0 Å². The summed E-state index contributed by atoms with van der Waals surface area (Å²) in [5.41, 5.74) is 1.58. The normalized spacial score (nSPS) is 13.5. The number of carbonyl (C=O) groups is 2. The average Bonchev–Trinajstić information content (AvgIpc) is 3.06. The van der Waals surface area contributed by atoms with E-state index in [4.69, 9.17) is 4.74 Å². The van der Waals surface area contributed by atoms with E-state index in [0.717, 1.165) is 24.9 Å². The SMILES string of the molecule is Cc1ccc(OCCCN2CCCC2=O)c(NC(=O)Nc2cnccn2)c1. The molecule has 1 saturated heterocycles. The molecule has 8 heteroatoms. The summed E-state index contributed by atoms with van der Waals surface area (Å²) in [6, 6.07) is 5.17. The summed E-state index contributed by atoms with van der Waals surface area (Å²) in [4.78, 5) is 33.6. The molecular formula is C19H23N5O3. The molecule has 1 fully saturated rings. The highest BCUT2D eigenvalue weighted by Gasteiger charge is 2.19. The third kappa shape index (κ3) is 5.40. The second-order valence-corrected chi connectivity index (χ2v) is 6.36. The van der Waals surface area contributed by atoms with Crippen molar-refractivity contribution in [2.45, 2.75) is 26.2 Å². The van der Waals surface area contributed by atoms with E-state index in [9.17, 15) is 9.59 Å². The first-order valence-corrected chi connectivity index (χ1v) is 8.97. The van der Waals surface area contributed by atoms with Crippen LogP contribution in [-0.2, 0) is 4.79 Å². The van der Waals surface area contributed by atoms with Crippen LogP contribution in [0.4, 0.5) is 16.3 Å². The highest BCUT2D eigenvalue weighted by atomic mass is 16.5. The van der Waals surface area contributed by atoms with Crippen molar-refractivity contribution in [3.63, 3.8) is 0 Å². The second kappa shape index (κ2) is 8.98. The molecule has 1 aliphatic heterocycles. The Bertz CT molecular complexity index is 797. The molecule has 0 bridgehead atoms. The summed E-state index contributed by atoms with van der Waals surface area (Å²) >= 11 is 0. The molecule has 2 aromatic rings. The zero-order valence-electron chi connectivity index (χ0n) is 15.3. The van der Waals surface area contributed by atoms with Crippen molar-refractivity contribution in [2.75, 3.05) is 30.3 Å². The number of urea groups is 1. The number of aryl methyl sites for hydroxylation is 1. The zero-order chi connectivity index (χ0) is 19.1. The molecule has 0 saturated carbocycles. The Hall–Kier alpha value is -3.16. The van der Waals surface area contributed by atoms with Gasteiger partial charge in [-0.05, 0) is 37.5 Å². The van der Waals surface area contributed by atoms with Gasteiger partial charge in [0, 0.05) is 31.9 Å². The molecular weight excluding hydrogens is 346 g/mol. The van der Waals surface area contributed by atoms with E-state index in [1.807, 2.05) is 30.0 Å². The number of hydrogen-bond acceptors (Lipinski definition) is 5. The van der Waals surface area contributed by atoms with Crippen LogP contribution < -0.4 is 15.4 Å². The quantitative estimate of drug-likeness (QED) is 0.732. The predicted octanol–water partition coefficient (Wildman–Crippen LogP) is 2.82. The van der Waals surface area contributed by atoms with E-state index in [2.05, 4.69) is 20.6 Å². The third-order valence-electron chi connectivity index (χ3n) is 4.19. The number of carbonyl (C=O) groups excluding carboxylic acids is 2. The van der Waals surface area contributed by atoms with Crippen LogP contribution in [0.25, 0.3) is 0 Å². The molecule has 8 nitrogen and oxygen atoms in total. The molecule has 0 spiro atoms. The van der Waals surface area contributed by atoms with E-state index < -0.39 is 6.03 Å². The maximum Gasteiger partial charge on any atom is 0.324 e. The Morgan fingerprint density at radius 3 is 2.93 bits per heavy atom. The fourth-order valence-corrected chi connectivity index (χ4v) is 2.88. The lowest BCUT2D eigenvalue weighted by Crippen LogP contribution is -2.26. The molecule has 0 radical (unpaired) electrons. The number of aromatic nitrogens is 2. The number of ether oxygens (including phenoxy) is 1. The molecule has 2 heterocycles. The van der Waals surface area contributed by atoms with Crippen LogP contribution in [0.5, 0.6) is 5.75 Å². The number of rotatable bonds is 7. The monoisotopic (exact) mass is 369 g/mol. The van der Waals surface area contributed by atoms with E-state index in [0.29, 0.717) is 36.8 Å². The van der Waals surface area contributed by atoms with Crippen molar-refractivity contribution < 1.29 is 14.3 Å². The molecule has 2 N–H and O–H groups in total. The van der Waals surface area contributed by atoms with Crippen LogP contribution in [-0.4, -0.2) is 46.5 Å². The predicted molar refractivity (Wildman–Crippen MR) is 102 cm³/mol. The Morgan fingerprint density at radius 2 is 2.19 bits per heavy atom. The number of likely N-dealkylation sites (tertiary alicyclic amines) is 1. The van der Waals surface area contributed by atoms with Crippen LogP contribution in [0.15, 0.2) is 36.8 Å². The van der Waals surface area contributed by atoms with Gasteiger partial charge in [0.1, 0.15) is 5.75 Å². The fraction of sp³-hybridized carbons (Fsp3) is 0.368. The van der Waals surface area contributed by atoms with Gasteiger partial charge in [-0.3, -0.25) is 15.1 Å². The first-order valence-electron chi connectivity index (χ1n) is 8.97. The Labute approximate surface area is 158 Å². The lowest BCUT2D eigenvalue weighted by molar-refractivity contribution is -0.127. The first kappa shape index (κ1) is 18.6. The molecule has 1 aromatic carbocycles. The lowest BCUT2D eigenvalue weighted by Gasteiger charge is -2.17. The van der Waals surface area contributed by atoms with Gasteiger partial charge >= 0.3 is 6.03 Å². The van der Waals surface area contributed by atoms with Gasteiger partial charge in [-0.2, -0.15) is 0 Å². The van der Waals surface area contributed by atoms with Crippen LogP contribution >= 0.6 is 0 Å². The third-order valence-corrected chi connectivity index (χ3v) is 4.19. The van der Waals surface area contributed by atoms with Crippen LogP contribution in [0, 0.1) is 6.92 Å². The van der Waals surface area contributed by atoms with Gasteiger partial charge in [-0.15, -0.1) is 0 Å². The van der Waals surface area contributed by atoms with Gasteiger partial charge in [0.05, 0.1) is 18.5 Å². The topological polar surface area (TPSA) is 96.5 Å². The Balaban J connectivity index is 1.54. The first-order chi connectivity index (χ1) is 13.1. The number of nitrogens with zero attached hydrogens (tertiary/aromatic N) is 3. The molecule has 0 aliphatic carbocycles. The molecule has 1 aromatic heterocycles. The Morgan fingerprint density at radius 1 is 1.30 bits per heavy atom. The van der Waals surface area contributed by atoms with E-state index in [1.54, 1.807) is 0 Å².